The molecule has 0 atom stereocenters. The highest BCUT2D eigenvalue weighted by atomic mass is 16.2. The van der Waals surface area contributed by atoms with E-state index in [1.54, 1.807) is 20.8 Å². The molecular formula is C15H15N5O3. The summed E-state index contributed by atoms with van der Waals surface area (Å²) in [6.07, 6.45) is 1.31. The number of carbonyl (C=O) groups excluding carboxylic acids is 2. The highest BCUT2D eigenvalue weighted by molar-refractivity contribution is 5.94. The molecule has 2 aromatic heterocycles. The second-order valence-electron chi connectivity index (χ2n) is 5.85. The summed E-state index contributed by atoms with van der Waals surface area (Å²) in [5, 5.41) is 2.52. The maximum Gasteiger partial charge on any atom is 0.280 e. The van der Waals surface area contributed by atoms with E-state index in [-0.39, 0.29) is 34.5 Å². The Balaban J connectivity index is 2.43. The smallest absolute Gasteiger partial charge is 0.280 e. The fourth-order valence-corrected chi connectivity index (χ4v) is 1.48. The van der Waals surface area contributed by atoms with Crippen LogP contribution in [0.3, 0.4) is 0 Å². The fourth-order valence-electron chi connectivity index (χ4n) is 1.48. The topological polar surface area (TPSA) is 118 Å². The fraction of sp³-hybridized carbons (Fsp3) is 0.333. The van der Waals surface area contributed by atoms with Crippen LogP contribution in [0.1, 0.15) is 33.4 Å². The molecular weight excluding hydrogens is 298 g/mol. The molecule has 0 spiro atoms. The second-order valence-corrected chi connectivity index (χ2v) is 5.85. The maximum atomic E-state index is 12.1. The molecule has 0 aromatic carbocycles. The molecule has 2 rings (SSSR count). The number of rotatable bonds is 1. The first kappa shape index (κ1) is 16.3. The van der Waals surface area contributed by atoms with Crippen LogP contribution in [-0.2, 0) is 9.59 Å². The molecule has 118 valence electrons. The number of carbonyl (C=O) groups is 2. The standard InChI is InChI=1S/C15H15N5O3/c1-8(21)5-6-9-7-16-11-10(17-9)12(22)19-14(18-11)20-13(23)15(2,3)4/h7H,1-4H3,(H2,16,18,19,20,22,23). The molecule has 2 N–H and O–H groups in total. The van der Waals surface area contributed by atoms with Crippen LogP contribution in [-0.4, -0.2) is 31.6 Å². The number of ketones is 1. The minimum atomic E-state index is -0.634. The zero-order valence-corrected chi connectivity index (χ0v) is 13.1. The van der Waals surface area contributed by atoms with E-state index in [1.807, 2.05) is 0 Å². The van der Waals surface area contributed by atoms with Crippen molar-refractivity contribution in [2.24, 2.45) is 5.41 Å². The van der Waals surface area contributed by atoms with Crippen molar-refractivity contribution >= 4 is 28.8 Å². The van der Waals surface area contributed by atoms with E-state index in [2.05, 4.69) is 37.1 Å². The van der Waals surface area contributed by atoms with Crippen molar-refractivity contribution in [3.63, 3.8) is 0 Å². The number of aromatic nitrogens is 4. The van der Waals surface area contributed by atoms with Gasteiger partial charge in [-0.15, -0.1) is 0 Å². The van der Waals surface area contributed by atoms with E-state index < -0.39 is 11.0 Å². The summed E-state index contributed by atoms with van der Waals surface area (Å²) < 4.78 is 0. The van der Waals surface area contributed by atoms with Gasteiger partial charge in [0.1, 0.15) is 5.69 Å². The number of anilines is 1. The van der Waals surface area contributed by atoms with Crippen LogP contribution in [0, 0.1) is 17.3 Å². The average molecular weight is 313 g/mol. The van der Waals surface area contributed by atoms with Gasteiger partial charge in [-0.3, -0.25) is 24.7 Å². The van der Waals surface area contributed by atoms with Crippen LogP contribution in [0.2, 0.25) is 0 Å². The first-order valence-corrected chi connectivity index (χ1v) is 6.78. The number of aromatic amines is 1. The van der Waals surface area contributed by atoms with Gasteiger partial charge in [-0.1, -0.05) is 20.8 Å². The summed E-state index contributed by atoms with van der Waals surface area (Å²) in [6, 6.07) is 0. The summed E-state index contributed by atoms with van der Waals surface area (Å²) >= 11 is 0. The van der Waals surface area contributed by atoms with Crippen molar-refractivity contribution in [1.82, 2.24) is 19.9 Å². The summed E-state index contributed by atoms with van der Waals surface area (Å²) in [6.45, 7) is 6.53. The van der Waals surface area contributed by atoms with Gasteiger partial charge in [-0.25, -0.2) is 9.97 Å². The molecule has 1 amide bonds. The molecule has 0 aliphatic rings. The molecule has 0 saturated carbocycles. The number of H-pyrrole nitrogens is 1. The van der Waals surface area contributed by atoms with E-state index in [4.69, 9.17) is 0 Å². The lowest BCUT2D eigenvalue weighted by atomic mass is 9.96. The van der Waals surface area contributed by atoms with Crippen LogP contribution in [0.4, 0.5) is 5.95 Å². The van der Waals surface area contributed by atoms with Crippen LogP contribution in [0.15, 0.2) is 11.0 Å². The first-order valence-electron chi connectivity index (χ1n) is 6.78. The Kier molecular flexibility index (Phi) is 4.22. The summed E-state index contributed by atoms with van der Waals surface area (Å²) in [5.74, 6) is 4.21. The lowest BCUT2D eigenvalue weighted by Gasteiger charge is -2.16. The zero-order valence-electron chi connectivity index (χ0n) is 13.1. The van der Waals surface area contributed by atoms with Gasteiger partial charge in [-0.05, 0) is 11.8 Å². The van der Waals surface area contributed by atoms with Crippen molar-refractivity contribution in [3.8, 4) is 11.8 Å². The Morgan fingerprint density at radius 3 is 2.57 bits per heavy atom. The quantitative estimate of drug-likeness (QED) is 0.746. The van der Waals surface area contributed by atoms with Crippen molar-refractivity contribution in [2.45, 2.75) is 27.7 Å². The highest BCUT2D eigenvalue weighted by Crippen LogP contribution is 2.15. The van der Waals surface area contributed by atoms with Gasteiger partial charge in [0.2, 0.25) is 17.6 Å². The summed E-state index contributed by atoms with van der Waals surface area (Å²) in [4.78, 5) is 49.3. The average Bonchev–Trinajstić information content (AvgIpc) is 2.44. The lowest BCUT2D eigenvalue weighted by Crippen LogP contribution is -2.29. The molecule has 2 heterocycles. The highest BCUT2D eigenvalue weighted by Gasteiger charge is 2.22. The maximum absolute atomic E-state index is 12.1. The van der Waals surface area contributed by atoms with Gasteiger partial charge in [0, 0.05) is 12.3 Å². The van der Waals surface area contributed by atoms with E-state index in [0.717, 1.165) is 0 Å². The molecule has 8 heteroatoms. The van der Waals surface area contributed by atoms with Gasteiger partial charge in [0.05, 0.1) is 6.20 Å². The zero-order chi connectivity index (χ0) is 17.2. The number of fused-ring (bicyclic) bond motifs is 1. The minimum Gasteiger partial charge on any atom is -0.296 e. The normalized spacial score (nSPS) is 10.8. The predicted molar refractivity (Wildman–Crippen MR) is 83.6 cm³/mol. The molecule has 0 saturated heterocycles. The van der Waals surface area contributed by atoms with Crippen molar-refractivity contribution in [2.75, 3.05) is 5.32 Å². The SMILES string of the molecule is CC(=O)C#Cc1cnc2nc(NC(=O)C(C)(C)C)[nH]c(=O)c2n1. The second kappa shape index (κ2) is 5.96. The summed E-state index contributed by atoms with van der Waals surface area (Å²) in [5.41, 5.74) is -0.948. The van der Waals surface area contributed by atoms with Gasteiger partial charge >= 0.3 is 0 Å². The number of nitrogens with zero attached hydrogens (tertiary/aromatic N) is 3. The summed E-state index contributed by atoms with van der Waals surface area (Å²) in [7, 11) is 0. The van der Waals surface area contributed by atoms with E-state index in [0.29, 0.717) is 0 Å². The Hall–Kier alpha value is -3.08. The molecule has 0 fully saturated rings. The molecule has 8 nitrogen and oxygen atoms in total. The molecule has 0 aliphatic heterocycles. The minimum absolute atomic E-state index is 0.000653. The molecule has 0 bridgehead atoms. The van der Waals surface area contributed by atoms with Gasteiger partial charge < -0.3 is 0 Å². The van der Waals surface area contributed by atoms with Crippen molar-refractivity contribution < 1.29 is 9.59 Å². The van der Waals surface area contributed by atoms with Crippen molar-refractivity contribution in [1.29, 1.82) is 0 Å². The van der Waals surface area contributed by atoms with E-state index in [9.17, 15) is 14.4 Å². The molecule has 2 aromatic rings. The van der Waals surface area contributed by atoms with Gasteiger partial charge in [-0.2, -0.15) is 4.98 Å². The monoisotopic (exact) mass is 313 g/mol. The largest absolute Gasteiger partial charge is 0.296 e. The van der Waals surface area contributed by atoms with Gasteiger partial charge in [0.25, 0.3) is 5.56 Å². The van der Waals surface area contributed by atoms with Crippen LogP contribution >= 0.6 is 0 Å². The number of hydrogen-bond donors (Lipinski definition) is 2. The van der Waals surface area contributed by atoms with E-state index in [1.165, 1.54) is 13.1 Å². The molecule has 0 radical (unpaired) electrons. The van der Waals surface area contributed by atoms with E-state index >= 15 is 0 Å². The Morgan fingerprint density at radius 2 is 1.96 bits per heavy atom. The Morgan fingerprint density at radius 1 is 1.26 bits per heavy atom. The number of Topliss-reactive ketones (excluding diaryl/α,β-unsaturated/α-hetero) is 1. The first-order chi connectivity index (χ1) is 10.7. The Bertz CT molecular complexity index is 913. The molecule has 0 aliphatic carbocycles. The molecule has 0 unspecified atom stereocenters. The van der Waals surface area contributed by atoms with Gasteiger partial charge in [0.15, 0.2) is 11.2 Å². The third kappa shape index (κ3) is 3.97. The third-order valence-electron chi connectivity index (χ3n) is 2.70. The number of hydrogen-bond acceptors (Lipinski definition) is 6. The Labute approximate surface area is 131 Å². The van der Waals surface area contributed by atoms with Crippen LogP contribution in [0.5, 0.6) is 0 Å². The third-order valence-corrected chi connectivity index (χ3v) is 2.70. The lowest BCUT2D eigenvalue weighted by molar-refractivity contribution is -0.123. The number of nitrogens with one attached hydrogen (secondary N) is 2. The number of amides is 1. The van der Waals surface area contributed by atoms with Crippen LogP contribution < -0.4 is 10.9 Å². The van der Waals surface area contributed by atoms with Crippen LogP contribution in [0.25, 0.3) is 11.2 Å². The predicted octanol–water partition coefficient (Wildman–Crippen LogP) is 0.638. The van der Waals surface area contributed by atoms with Crippen molar-refractivity contribution in [3.05, 3.63) is 22.2 Å². The molecule has 23 heavy (non-hydrogen) atoms.